The predicted octanol–water partition coefficient (Wildman–Crippen LogP) is 3.50. The van der Waals surface area contributed by atoms with Crippen molar-refractivity contribution in [2.45, 2.75) is 12.8 Å². The van der Waals surface area contributed by atoms with Gasteiger partial charge in [0.15, 0.2) is 16.9 Å². The lowest BCUT2D eigenvalue weighted by Crippen LogP contribution is -2.35. The monoisotopic (exact) mass is 495 g/mol. The van der Waals surface area contributed by atoms with Gasteiger partial charge in [0.2, 0.25) is 0 Å². The van der Waals surface area contributed by atoms with Gasteiger partial charge in [-0.3, -0.25) is 8.97 Å². The number of piperidine rings is 1. The molecule has 186 valence electrons. The number of pyridine rings is 1. The quantitative estimate of drug-likeness (QED) is 0.364. The number of likely N-dealkylation sites (tertiary alicyclic amines) is 1. The van der Waals surface area contributed by atoms with E-state index in [1.807, 2.05) is 22.7 Å². The van der Waals surface area contributed by atoms with E-state index in [0.29, 0.717) is 52.2 Å². The largest absolute Gasteiger partial charge is 0.464 e. The van der Waals surface area contributed by atoms with Crippen molar-refractivity contribution in [3.05, 3.63) is 65.0 Å². The third-order valence-corrected chi connectivity index (χ3v) is 6.88. The van der Waals surface area contributed by atoms with Crippen LogP contribution in [-0.2, 0) is 7.05 Å². The molecule has 1 aliphatic rings. The normalized spacial score (nSPS) is 16.3. The van der Waals surface area contributed by atoms with Crippen LogP contribution in [0.2, 0.25) is 0 Å². The molecule has 1 saturated heterocycles. The molecule has 5 aromatic rings. The van der Waals surface area contributed by atoms with E-state index in [4.69, 9.17) is 14.1 Å². The third kappa shape index (κ3) is 4.13. The SMILES string of the molecule is CN1CCC[C@@H](COc2nc(-c3ccc(C#N)cc3)c(-c3cnc4c(c3)oc(=O)n4C)c3nccn23)C1. The zero-order valence-electron chi connectivity index (χ0n) is 20.6. The lowest BCUT2D eigenvalue weighted by molar-refractivity contribution is 0.143. The summed E-state index contributed by atoms with van der Waals surface area (Å²) < 4.78 is 14.9. The summed E-state index contributed by atoms with van der Waals surface area (Å²) >= 11 is 0. The number of fused-ring (bicyclic) bond motifs is 2. The van der Waals surface area contributed by atoms with Gasteiger partial charge in [-0.2, -0.15) is 10.2 Å². The molecule has 0 unspecified atom stereocenters. The summed E-state index contributed by atoms with van der Waals surface area (Å²) in [6, 6.07) is 11.6. The summed E-state index contributed by atoms with van der Waals surface area (Å²) in [5.41, 5.74) is 4.89. The Labute approximate surface area is 212 Å². The Bertz CT molecular complexity index is 1710. The number of aromatic nitrogens is 5. The number of nitriles is 1. The van der Waals surface area contributed by atoms with Gasteiger partial charge in [-0.25, -0.2) is 14.8 Å². The maximum absolute atomic E-state index is 12.1. The van der Waals surface area contributed by atoms with Crippen molar-refractivity contribution < 1.29 is 9.15 Å². The predicted molar refractivity (Wildman–Crippen MR) is 137 cm³/mol. The average Bonchev–Trinajstić information content (AvgIpc) is 3.51. The highest BCUT2D eigenvalue weighted by Gasteiger charge is 2.23. The second kappa shape index (κ2) is 9.19. The summed E-state index contributed by atoms with van der Waals surface area (Å²) in [5.74, 6) is -0.0575. The molecular formula is C27H25N7O3. The summed E-state index contributed by atoms with van der Waals surface area (Å²) in [5, 5.41) is 9.28. The van der Waals surface area contributed by atoms with E-state index in [0.717, 1.165) is 37.1 Å². The van der Waals surface area contributed by atoms with Crippen molar-refractivity contribution in [3.8, 4) is 34.5 Å². The van der Waals surface area contributed by atoms with E-state index >= 15 is 0 Å². The van der Waals surface area contributed by atoms with Crippen LogP contribution in [0.1, 0.15) is 18.4 Å². The molecule has 6 rings (SSSR count). The first-order valence-corrected chi connectivity index (χ1v) is 12.2. The van der Waals surface area contributed by atoms with Crippen LogP contribution >= 0.6 is 0 Å². The molecule has 10 nitrogen and oxygen atoms in total. The number of ether oxygens (including phenoxy) is 1. The van der Waals surface area contributed by atoms with Crippen LogP contribution in [0.25, 0.3) is 39.3 Å². The Morgan fingerprint density at radius 3 is 2.78 bits per heavy atom. The Kier molecular flexibility index (Phi) is 5.70. The van der Waals surface area contributed by atoms with Gasteiger partial charge in [0.1, 0.15) is 0 Å². The van der Waals surface area contributed by atoms with Crippen LogP contribution in [0.5, 0.6) is 6.01 Å². The van der Waals surface area contributed by atoms with Gasteiger partial charge in [-0.05, 0) is 44.6 Å². The highest BCUT2D eigenvalue weighted by Crippen LogP contribution is 2.36. The molecule has 0 spiro atoms. The molecule has 0 bridgehead atoms. The van der Waals surface area contributed by atoms with Crippen molar-refractivity contribution in [1.82, 2.24) is 28.8 Å². The van der Waals surface area contributed by atoms with E-state index < -0.39 is 5.76 Å². The molecule has 37 heavy (non-hydrogen) atoms. The van der Waals surface area contributed by atoms with E-state index in [1.54, 1.807) is 37.6 Å². The van der Waals surface area contributed by atoms with Crippen molar-refractivity contribution in [1.29, 1.82) is 5.26 Å². The van der Waals surface area contributed by atoms with Gasteiger partial charge in [0.25, 0.3) is 0 Å². The lowest BCUT2D eigenvalue weighted by Gasteiger charge is -2.29. The Hall–Kier alpha value is -4.49. The minimum Gasteiger partial charge on any atom is -0.464 e. The van der Waals surface area contributed by atoms with Crippen molar-refractivity contribution >= 4 is 16.9 Å². The smallest absolute Gasteiger partial charge is 0.420 e. The van der Waals surface area contributed by atoms with E-state index in [2.05, 4.69) is 28.0 Å². The van der Waals surface area contributed by atoms with Crippen LogP contribution < -0.4 is 10.5 Å². The van der Waals surface area contributed by atoms with E-state index in [1.165, 1.54) is 4.57 Å². The first-order chi connectivity index (χ1) is 18.0. The minimum atomic E-state index is -0.479. The average molecular weight is 496 g/mol. The summed E-state index contributed by atoms with van der Waals surface area (Å²) in [6.45, 7) is 2.65. The second-order valence-corrected chi connectivity index (χ2v) is 9.48. The van der Waals surface area contributed by atoms with E-state index in [-0.39, 0.29) is 0 Å². The van der Waals surface area contributed by atoms with Crippen molar-refractivity contribution in [3.63, 3.8) is 0 Å². The molecule has 4 aromatic heterocycles. The van der Waals surface area contributed by atoms with Crippen LogP contribution in [0.15, 0.2) is 58.1 Å². The molecule has 0 radical (unpaired) electrons. The summed E-state index contributed by atoms with van der Waals surface area (Å²) in [4.78, 5) is 28.5. The zero-order chi connectivity index (χ0) is 25.5. The van der Waals surface area contributed by atoms with Crippen LogP contribution in [0.3, 0.4) is 0 Å². The van der Waals surface area contributed by atoms with Crippen molar-refractivity contribution in [2.24, 2.45) is 13.0 Å². The number of imidazole rings is 1. The molecule has 1 fully saturated rings. The molecule has 0 amide bonds. The summed E-state index contributed by atoms with van der Waals surface area (Å²) in [7, 11) is 3.75. The Morgan fingerprint density at radius 2 is 2.00 bits per heavy atom. The van der Waals surface area contributed by atoms with Crippen LogP contribution in [0, 0.1) is 17.2 Å². The maximum atomic E-state index is 12.1. The first kappa shape index (κ1) is 22.9. The third-order valence-electron chi connectivity index (χ3n) is 6.88. The van der Waals surface area contributed by atoms with Gasteiger partial charge in [0.05, 0.1) is 29.5 Å². The molecule has 0 N–H and O–H groups in total. The first-order valence-electron chi connectivity index (χ1n) is 12.2. The second-order valence-electron chi connectivity index (χ2n) is 9.48. The molecule has 0 saturated carbocycles. The van der Waals surface area contributed by atoms with E-state index in [9.17, 15) is 10.1 Å². The topological polar surface area (TPSA) is 114 Å². The molecule has 10 heteroatoms. The van der Waals surface area contributed by atoms with Crippen LogP contribution in [-0.4, -0.2) is 55.6 Å². The number of aryl methyl sites for hydroxylation is 1. The van der Waals surface area contributed by atoms with Crippen LogP contribution in [0.4, 0.5) is 0 Å². The number of rotatable bonds is 5. The molecule has 1 aromatic carbocycles. The fourth-order valence-electron chi connectivity index (χ4n) is 4.98. The van der Waals surface area contributed by atoms with Gasteiger partial charge >= 0.3 is 11.8 Å². The van der Waals surface area contributed by atoms with Gasteiger partial charge < -0.3 is 14.1 Å². The number of oxazole rings is 1. The maximum Gasteiger partial charge on any atom is 0.420 e. The fraction of sp³-hybridized carbons (Fsp3) is 0.296. The Balaban J connectivity index is 1.51. The molecule has 1 aliphatic heterocycles. The van der Waals surface area contributed by atoms with Gasteiger partial charge in [-0.15, -0.1) is 0 Å². The lowest BCUT2D eigenvalue weighted by atomic mass is 9.99. The highest BCUT2D eigenvalue weighted by atomic mass is 16.5. The molecule has 5 heterocycles. The standard InChI is InChI=1S/C27H25N7O3/c1-32-10-3-4-18(15-32)16-36-26-31-23(19-7-5-17(13-28)6-8-19)22(25-29-9-11-34(25)26)20-12-21-24(30-14-20)33(2)27(35)37-21/h5-9,11-12,14,18H,3-4,10,15-16H2,1-2H3/t18-/m1/s1. The fourth-order valence-corrected chi connectivity index (χ4v) is 4.98. The zero-order valence-corrected chi connectivity index (χ0v) is 20.6. The van der Waals surface area contributed by atoms with Crippen molar-refractivity contribution in [2.75, 3.05) is 26.7 Å². The Morgan fingerprint density at radius 1 is 1.16 bits per heavy atom. The van der Waals surface area contributed by atoms with Gasteiger partial charge in [-0.1, -0.05) is 12.1 Å². The molecule has 0 aliphatic carbocycles. The molecular weight excluding hydrogens is 470 g/mol. The highest BCUT2D eigenvalue weighted by molar-refractivity contribution is 5.92. The number of benzene rings is 1. The van der Waals surface area contributed by atoms with Gasteiger partial charge in [0, 0.05) is 49.2 Å². The molecule has 1 atom stereocenters. The minimum absolute atomic E-state index is 0.377. The number of hydrogen-bond acceptors (Lipinski definition) is 8. The number of nitrogens with zero attached hydrogens (tertiary/aromatic N) is 7. The summed E-state index contributed by atoms with van der Waals surface area (Å²) in [6.07, 6.45) is 7.49. The number of hydrogen-bond donors (Lipinski definition) is 0.